The molecular weight excluding hydrogens is 331 g/mol. The van der Waals surface area contributed by atoms with Gasteiger partial charge in [-0.15, -0.1) is 0 Å². The number of nitrogens with zero attached hydrogens (tertiary/aromatic N) is 5. The zero-order chi connectivity index (χ0) is 17.9. The standard InChI is InChI=1S/C17H20F3N5/c1-13-3-2-4-14(22-13)6-8-24-9-11-25(12-10-24)16-21-7-5-15(23-16)17(18,19)20/h2-5,7H,6,8-12H2,1H3. The summed E-state index contributed by atoms with van der Waals surface area (Å²) in [6.45, 7) is 5.62. The predicted molar refractivity (Wildman–Crippen MR) is 88.4 cm³/mol. The van der Waals surface area contributed by atoms with Gasteiger partial charge in [-0.1, -0.05) is 6.07 Å². The van der Waals surface area contributed by atoms with Gasteiger partial charge in [0, 0.05) is 56.7 Å². The lowest BCUT2D eigenvalue weighted by molar-refractivity contribution is -0.141. The molecule has 2 aromatic heterocycles. The fourth-order valence-corrected chi connectivity index (χ4v) is 2.84. The molecule has 25 heavy (non-hydrogen) atoms. The second-order valence-electron chi connectivity index (χ2n) is 6.09. The number of rotatable bonds is 4. The smallest absolute Gasteiger partial charge is 0.338 e. The Morgan fingerprint density at radius 2 is 1.80 bits per heavy atom. The van der Waals surface area contributed by atoms with Crippen LogP contribution in [0, 0.1) is 6.92 Å². The van der Waals surface area contributed by atoms with Crippen molar-refractivity contribution in [3.63, 3.8) is 0 Å². The molecule has 0 amide bonds. The maximum absolute atomic E-state index is 12.8. The van der Waals surface area contributed by atoms with Crippen molar-refractivity contribution in [3.8, 4) is 0 Å². The lowest BCUT2D eigenvalue weighted by atomic mass is 10.2. The average molecular weight is 351 g/mol. The summed E-state index contributed by atoms with van der Waals surface area (Å²) in [5.74, 6) is 0.148. The Balaban J connectivity index is 1.53. The first-order chi connectivity index (χ1) is 11.9. The normalized spacial score (nSPS) is 16.2. The van der Waals surface area contributed by atoms with Gasteiger partial charge < -0.3 is 4.90 Å². The number of aromatic nitrogens is 3. The van der Waals surface area contributed by atoms with E-state index in [2.05, 4.69) is 19.9 Å². The Morgan fingerprint density at radius 1 is 1.04 bits per heavy atom. The van der Waals surface area contributed by atoms with Crippen molar-refractivity contribution in [3.05, 3.63) is 47.5 Å². The van der Waals surface area contributed by atoms with Gasteiger partial charge >= 0.3 is 6.18 Å². The molecule has 0 aromatic carbocycles. The molecule has 1 saturated heterocycles. The molecular formula is C17H20F3N5. The first-order valence-corrected chi connectivity index (χ1v) is 8.22. The molecule has 1 aliphatic heterocycles. The third-order valence-electron chi connectivity index (χ3n) is 4.22. The molecule has 0 N–H and O–H groups in total. The fraction of sp³-hybridized carbons (Fsp3) is 0.471. The van der Waals surface area contributed by atoms with Crippen molar-refractivity contribution in [2.24, 2.45) is 0 Å². The number of piperazine rings is 1. The maximum Gasteiger partial charge on any atom is 0.433 e. The summed E-state index contributed by atoms with van der Waals surface area (Å²) in [4.78, 5) is 16.2. The SMILES string of the molecule is Cc1cccc(CCN2CCN(c3nccc(C(F)(F)F)n3)CC2)n1. The highest BCUT2D eigenvalue weighted by Crippen LogP contribution is 2.28. The number of alkyl halides is 3. The quantitative estimate of drug-likeness (QED) is 0.847. The van der Waals surface area contributed by atoms with Gasteiger partial charge in [0.1, 0.15) is 5.69 Å². The summed E-state index contributed by atoms with van der Waals surface area (Å²) in [6, 6.07) is 6.88. The monoisotopic (exact) mass is 351 g/mol. The number of anilines is 1. The molecule has 0 saturated carbocycles. The number of aryl methyl sites for hydroxylation is 1. The van der Waals surface area contributed by atoms with E-state index >= 15 is 0 Å². The zero-order valence-corrected chi connectivity index (χ0v) is 14.0. The van der Waals surface area contributed by atoms with Crippen LogP contribution in [0.15, 0.2) is 30.5 Å². The highest BCUT2D eigenvalue weighted by Gasteiger charge is 2.33. The molecule has 3 rings (SSSR count). The molecule has 0 bridgehead atoms. The highest BCUT2D eigenvalue weighted by atomic mass is 19.4. The summed E-state index contributed by atoms with van der Waals surface area (Å²) in [5.41, 5.74) is 1.16. The Labute approximate surface area is 144 Å². The minimum Gasteiger partial charge on any atom is -0.338 e. The van der Waals surface area contributed by atoms with Crippen LogP contribution in [0.2, 0.25) is 0 Å². The molecule has 1 aliphatic rings. The summed E-state index contributed by atoms with van der Waals surface area (Å²) >= 11 is 0. The van der Waals surface area contributed by atoms with Crippen molar-refractivity contribution in [1.82, 2.24) is 19.9 Å². The highest BCUT2D eigenvalue weighted by molar-refractivity contribution is 5.31. The summed E-state index contributed by atoms with van der Waals surface area (Å²) < 4.78 is 38.3. The molecule has 0 radical (unpaired) electrons. The van der Waals surface area contributed by atoms with Crippen molar-refractivity contribution in [2.45, 2.75) is 19.5 Å². The summed E-state index contributed by atoms with van der Waals surface area (Å²) in [7, 11) is 0. The number of hydrogen-bond donors (Lipinski definition) is 0. The Bertz CT molecular complexity index is 711. The van der Waals surface area contributed by atoms with E-state index in [0.717, 1.165) is 43.5 Å². The molecule has 0 unspecified atom stereocenters. The molecule has 1 fully saturated rings. The topological polar surface area (TPSA) is 45.2 Å². The van der Waals surface area contributed by atoms with E-state index in [9.17, 15) is 13.2 Å². The summed E-state index contributed by atoms with van der Waals surface area (Å²) in [5, 5.41) is 0. The summed E-state index contributed by atoms with van der Waals surface area (Å²) in [6.07, 6.45) is -2.41. The van der Waals surface area contributed by atoms with E-state index in [0.29, 0.717) is 13.1 Å². The van der Waals surface area contributed by atoms with Crippen LogP contribution in [0.25, 0.3) is 0 Å². The van der Waals surface area contributed by atoms with Crippen molar-refractivity contribution in [2.75, 3.05) is 37.6 Å². The predicted octanol–water partition coefficient (Wildman–Crippen LogP) is 2.56. The van der Waals surface area contributed by atoms with Crippen LogP contribution in [-0.4, -0.2) is 52.6 Å². The largest absolute Gasteiger partial charge is 0.433 e. The Morgan fingerprint density at radius 3 is 2.48 bits per heavy atom. The van der Waals surface area contributed by atoms with Crippen molar-refractivity contribution in [1.29, 1.82) is 0 Å². The fourth-order valence-electron chi connectivity index (χ4n) is 2.84. The molecule has 0 atom stereocenters. The number of halogens is 3. The number of pyridine rings is 1. The van der Waals surface area contributed by atoms with Crippen LogP contribution in [0.1, 0.15) is 17.1 Å². The Kier molecular flexibility index (Phi) is 5.17. The van der Waals surface area contributed by atoms with Crippen LogP contribution in [0.4, 0.5) is 19.1 Å². The van der Waals surface area contributed by atoms with E-state index in [-0.39, 0.29) is 5.95 Å². The van der Waals surface area contributed by atoms with Gasteiger partial charge in [-0.05, 0) is 25.1 Å². The van der Waals surface area contributed by atoms with Crippen LogP contribution < -0.4 is 4.90 Å². The van der Waals surface area contributed by atoms with Crippen LogP contribution in [0.5, 0.6) is 0 Å². The second kappa shape index (κ2) is 7.35. The van der Waals surface area contributed by atoms with Crippen LogP contribution in [-0.2, 0) is 12.6 Å². The van der Waals surface area contributed by atoms with Gasteiger partial charge in [0.15, 0.2) is 0 Å². The van der Waals surface area contributed by atoms with Gasteiger partial charge in [-0.2, -0.15) is 13.2 Å². The van der Waals surface area contributed by atoms with Gasteiger partial charge in [0.25, 0.3) is 0 Å². The van der Waals surface area contributed by atoms with Crippen molar-refractivity contribution < 1.29 is 13.2 Å². The van der Waals surface area contributed by atoms with E-state index in [1.807, 2.05) is 25.1 Å². The van der Waals surface area contributed by atoms with Crippen molar-refractivity contribution >= 4 is 5.95 Å². The first-order valence-electron chi connectivity index (χ1n) is 8.22. The molecule has 8 heteroatoms. The molecule has 5 nitrogen and oxygen atoms in total. The lowest BCUT2D eigenvalue weighted by Crippen LogP contribution is -2.47. The van der Waals surface area contributed by atoms with E-state index in [4.69, 9.17) is 0 Å². The van der Waals surface area contributed by atoms with Gasteiger partial charge in [-0.25, -0.2) is 9.97 Å². The van der Waals surface area contributed by atoms with E-state index in [1.54, 1.807) is 4.90 Å². The third-order valence-corrected chi connectivity index (χ3v) is 4.22. The van der Waals surface area contributed by atoms with Gasteiger partial charge in [0.05, 0.1) is 0 Å². The average Bonchev–Trinajstić information content (AvgIpc) is 2.60. The lowest BCUT2D eigenvalue weighted by Gasteiger charge is -2.34. The molecule has 3 heterocycles. The molecule has 2 aromatic rings. The molecule has 134 valence electrons. The van der Waals surface area contributed by atoms with Gasteiger partial charge in [-0.3, -0.25) is 9.88 Å². The first kappa shape index (κ1) is 17.6. The van der Waals surface area contributed by atoms with E-state index < -0.39 is 11.9 Å². The van der Waals surface area contributed by atoms with Gasteiger partial charge in [0.2, 0.25) is 5.95 Å². The molecule has 0 aliphatic carbocycles. The molecule has 0 spiro atoms. The van der Waals surface area contributed by atoms with E-state index in [1.165, 1.54) is 6.20 Å². The zero-order valence-electron chi connectivity index (χ0n) is 14.0. The minimum absolute atomic E-state index is 0.148. The third kappa shape index (κ3) is 4.66. The maximum atomic E-state index is 12.8. The van der Waals surface area contributed by atoms with Crippen LogP contribution >= 0.6 is 0 Å². The van der Waals surface area contributed by atoms with Crippen LogP contribution in [0.3, 0.4) is 0 Å². The minimum atomic E-state index is -4.44. The second-order valence-corrected chi connectivity index (χ2v) is 6.09. The Hall–Kier alpha value is -2.22. The number of hydrogen-bond acceptors (Lipinski definition) is 5.